The van der Waals surface area contributed by atoms with Gasteiger partial charge in [-0.25, -0.2) is 4.39 Å². The highest BCUT2D eigenvalue weighted by Crippen LogP contribution is 2.20. The molecule has 2 aromatic rings. The number of nitrogens with one attached hydrogen (secondary N) is 1. The molecule has 0 unspecified atom stereocenters. The van der Waals surface area contributed by atoms with Crippen LogP contribution in [-0.2, 0) is 11.2 Å². The molecule has 5 heteroatoms. The molecule has 0 bridgehead atoms. The molecule has 1 amide bonds. The Bertz CT molecular complexity index is 661. The zero-order valence-electron chi connectivity index (χ0n) is 12.2. The summed E-state index contributed by atoms with van der Waals surface area (Å²) in [6, 6.07) is 12.0. The van der Waals surface area contributed by atoms with Gasteiger partial charge in [0.15, 0.2) is 6.61 Å². The normalized spacial score (nSPS) is 10.3. The number of hydrogen-bond donors (Lipinski definition) is 1. The monoisotopic (exact) mass is 321 g/mol. The van der Waals surface area contributed by atoms with Crippen molar-refractivity contribution in [1.29, 1.82) is 0 Å². The average Bonchev–Trinajstić information content (AvgIpc) is 2.50. The van der Waals surface area contributed by atoms with Crippen molar-refractivity contribution >= 4 is 17.5 Å². The Morgan fingerprint density at radius 1 is 1.27 bits per heavy atom. The molecule has 0 aliphatic heterocycles. The van der Waals surface area contributed by atoms with Gasteiger partial charge in [0.2, 0.25) is 0 Å². The van der Waals surface area contributed by atoms with Crippen LogP contribution in [0.25, 0.3) is 0 Å². The van der Waals surface area contributed by atoms with Crippen LogP contribution in [0, 0.1) is 12.7 Å². The Hall–Kier alpha value is -2.07. The number of halogens is 2. The van der Waals surface area contributed by atoms with E-state index in [1.54, 1.807) is 0 Å². The van der Waals surface area contributed by atoms with Crippen molar-refractivity contribution in [3.8, 4) is 5.75 Å². The van der Waals surface area contributed by atoms with Gasteiger partial charge in [0.25, 0.3) is 5.91 Å². The van der Waals surface area contributed by atoms with Crippen molar-refractivity contribution in [2.45, 2.75) is 13.3 Å². The highest BCUT2D eigenvalue weighted by atomic mass is 35.5. The summed E-state index contributed by atoms with van der Waals surface area (Å²) in [6.07, 6.45) is 0.765. The number of amides is 1. The molecule has 0 saturated carbocycles. The predicted molar refractivity (Wildman–Crippen MR) is 84.8 cm³/mol. The summed E-state index contributed by atoms with van der Waals surface area (Å²) in [7, 11) is 0. The lowest BCUT2D eigenvalue weighted by Gasteiger charge is -2.09. The lowest BCUT2D eigenvalue weighted by molar-refractivity contribution is -0.123. The predicted octanol–water partition coefficient (Wildman–Crippen LogP) is 3.53. The van der Waals surface area contributed by atoms with E-state index in [0.29, 0.717) is 12.3 Å². The molecule has 116 valence electrons. The van der Waals surface area contributed by atoms with Crippen LogP contribution in [0.3, 0.4) is 0 Å². The number of rotatable bonds is 6. The molecule has 3 nitrogen and oxygen atoms in total. The van der Waals surface area contributed by atoms with E-state index in [1.807, 2.05) is 31.2 Å². The topological polar surface area (TPSA) is 38.3 Å². The van der Waals surface area contributed by atoms with Crippen molar-refractivity contribution in [2.75, 3.05) is 13.2 Å². The fourth-order valence-corrected chi connectivity index (χ4v) is 2.16. The molecule has 22 heavy (non-hydrogen) atoms. The van der Waals surface area contributed by atoms with Crippen molar-refractivity contribution in [3.63, 3.8) is 0 Å². The second-order valence-corrected chi connectivity index (χ2v) is 5.30. The van der Waals surface area contributed by atoms with Crippen LogP contribution < -0.4 is 10.1 Å². The standard InChI is InChI=1S/C17H17ClFNO2/c1-12-4-2-3-5-13(12)8-9-20-17(21)11-22-14-6-7-16(19)15(18)10-14/h2-7,10H,8-9,11H2,1H3,(H,20,21). The van der Waals surface area contributed by atoms with Crippen molar-refractivity contribution in [2.24, 2.45) is 0 Å². The Labute approximate surface area is 134 Å². The van der Waals surface area contributed by atoms with Crippen molar-refractivity contribution < 1.29 is 13.9 Å². The number of ether oxygens (including phenoxy) is 1. The number of carbonyl (C=O) groups excluding carboxylic acids is 1. The van der Waals surface area contributed by atoms with E-state index in [9.17, 15) is 9.18 Å². The van der Waals surface area contributed by atoms with Gasteiger partial charge in [0.05, 0.1) is 5.02 Å². The van der Waals surface area contributed by atoms with E-state index >= 15 is 0 Å². The fourth-order valence-electron chi connectivity index (χ4n) is 1.99. The number of carbonyl (C=O) groups is 1. The van der Waals surface area contributed by atoms with Gasteiger partial charge in [0, 0.05) is 12.6 Å². The molecule has 0 aliphatic rings. The third kappa shape index (κ3) is 4.74. The van der Waals surface area contributed by atoms with Gasteiger partial charge in [0.1, 0.15) is 11.6 Å². The number of benzene rings is 2. The third-order valence-electron chi connectivity index (χ3n) is 3.24. The fraction of sp³-hybridized carbons (Fsp3) is 0.235. The third-order valence-corrected chi connectivity index (χ3v) is 3.53. The van der Waals surface area contributed by atoms with E-state index in [4.69, 9.17) is 16.3 Å². The summed E-state index contributed by atoms with van der Waals surface area (Å²) in [5, 5.41) is 2.75. The zero-order chi connectivity index (χ0) is 15.9. The molecule has 0 radical (unpaired) electrons. The van der Waals surface area contributed by atoms with E-state index in [2.05, 4.69) is 5.32 Å². The van der Waals surface area contributed by atoms with Gasteiger partial charge in [-0.05, 0) is 36.6 Å². The Morgan fingerprint density at radius 3 is 2.77 bits per heavy atom. The molecule has 0 spiro atoms. The van der Waals surface area contributed by atoms with E-state index < -0.39 is 5.82 Å². The Morgan fingerprint density at radius 2 is 2.05 bits per heavy atom. The molecule has 2 aromatic carbocycles. The van der Waals surface area contributed by atoms with Gasteiger partial charge in [-0.15, -0.1) is 0 Å². The van der Waals surface area contributed by atoms with E-state index in [0.717, 1.165) is 6.42 Å². The summed E-state index contributed by atoms with van der Waals surface area (Å²) >= 11 is 5.64. The van der Waals surface area contributed by atoms with E-state index in [-0.39, 0.29) is 17.5 Å². The lowest BCUT2D eigenvalue weighted by Crippen LogP contribution is -2.30. The van der Waals surface area contributed by atoms with Crippen LogP contribution in [0.15, 0.2) is 42.5 Å². The summed E-state index contributed by atoms with van der Waals surface area (Å²) in [5.41, 5.74) is 2.41. The second kappa shape index (κ2) is 7.80. The summed E-state index contributed by atoms with van der Waals surface area (Å²) in [4.78, 5) is 11.7. The second-order valence-electron chi connectivity index (χ2n) is 4.89. The molecular weight excluding hydrogens is 305 g/mol. The highest BCUT2D eigenvalue weighted by Gasteiger charge is 2.05. The Kier molecular flexibility index (Phi) is 5.78. The molecule has 0 aliphatic carbocycles. The summed E-state index contributed by atoms with van der Waals surface area (Å²) in [6.45, 7) is 2.45. The number of aryl methyl sites for hydroxylation is 1. The average molecular weight is 322 g/mol. The minimum Gasteiger partial charge on any atom is -0.484 e. The van der Waals surface area contributed by atoms with Crippen LogP contribution >= 0.6 is 11.6 Å². The first-order valence-electron chi connectivity index (χ1n) is 6.95. The van der Waals surface area contributed by atoms with Gasteiger partial charge >= 0.3 is 0 Å². The van der Waals surface area contributed by atoms with E-state index in [1.165, 1.54) is 29.3 Å². The molecule has 0 heterocycles. The highest BCUT2D eigenvalue weighted by molar-refractivity contribution is 6.30. The van der Waals surface area contributed by atoms with Crippen LogP contribution in [0.5, 0.6) is 5.75 Å². The molecule has 0 saturated heterocycles. The first-order valence-corrected chi connectivity index (χ1v) is 7.33. The van der Waals surface area contributed by atoms with Crippen LogP contribution in [0.4, 0.5) is 4.39 Å². The molecule has 2 rings (SSSR count). The number of hydrogen-bond acceptors (Lipinski definition) is 2. The smallest absolute Gasteiger partial charge is 0.257 e. The van der Waals surface area contributed by atoms with Gasteiger partial charge in [-0.2, -0.15) is 0 Å². The maximum Gasteiger partial charge on any atom is 0.257 e. The van der Waals surface area contributed by atoms with Crippen molar-refractivity contribution in [1.82, 2.24) is 5.32 Å². The largest absolute Gasteiger partial charge is 0.484 e. The summed E-state index contributed by atoms with van der Waals surface area (Å²) in [5.74, 6) is -0.383. The van der Waals surface area contributed by atoms with Crippen molar-refractivity contribution in [3.05, 3.63) is 64.4 Å². The molecule has 0 atom stereocenters. The van der Waals surface area contributed by atoms with Gasteiger partial charge in [-0.3, -0.25) is 4.79 Å². The quantitative estimate of drug-likeness (QED) is 0.884. The SMILES string of the molecule is Cc1ccccc1CCNC(=O)COc1ccc(F)c(Cl)c1. The van der Waals surface area contributed by atoms with Gasteiger partial charge < -0.3 is 10.1 Å². The Balaban J connectivity index is 1.74. The molecule has 0 aromatic heterocycles. The lowest BCUT2D eigenvalue weighted by atomic mass is 10.1. The van der Waals surface area contributed by atoms with Crippen LogP contribution in [0.1, 0.15) is 11.1 Å². The summed E-state index contributed by atoms with van der Waals surface area (Å²) < 4.78 is 18.3. The molecule has 1 N–H and O–H groups in total. The zero-order valence-corrected chi connectivity index (χ0v) is 13.0. The molecule has 0 fully saturated rings. The van der Waals surface area contributed by atoms with Gasteiger partial charge in [-0.1, -0.05) is 35.9 Å². The van der Waals surface area contributed by atoms with Crippen LogP contribution in [-0.4, -0.2) is 19.1 Å². The maximum atomic E-state index is 13.0. The minimum atomic E-state index is -0.517. The molecular formula is C17H17ClFNO2. The first kappa shape index (κ1) is 16.3. The first-order chi connectivity index (χ1) is 10.6. The minimum absolute atomic E-state index is 0.0301. The van der Waals surface area contributed by atoms with Crippen LogP contribution in [0.2, 0.25) is 5.02 Å². The maximum absolute atomic E-state index is 13.0.